The highest BCUT2D eigenvalue weighted by Gasteiger charge is 2.20. The maximum atomic E-state index is 12.9. The Kier molecular flexibility index (Phi) is 5.45. The number of aromatic nitrogens is 1. The van der Waals surface area contributed by atoms with Gasteiger partial charge in [0, 0.05) is 31.9 Å². The van der Waals surface area contributed by atoms with E-state index in [9.17, 15) is 9.18 Å². The second-order valence-corrected chi connectivity index (χ2v) is 5.85. The van der Waals surface area contributed by atoms with Gasteiger partial charge in [-0.05, 0) is 36.8 Å². The largest absolute Gasteiger partial charge is 0.439 e. The van der Waals surface area contributed by atoms with Crippen molar-refractivity contribution in [3.63, 3.8) is 0 Å². The van der Waals surface area contributed by atoms with Crippen LogP contribution in [0, 0.1) is 5.82 Å². The number of halogens is 1. The van der Waals surface area contributed by atoms with E-state index in [1.165, 1.54) is 24.3 Å². The Morgan fingerprint density at radius 2 is 2.16 bits per heavy atom. The molecule has 7 heteroatoms. The SMILES string of the molecule is C[C@@H]1CN(C(=O)NCc2ccc(Oc3ccc(F)cc3)nc2)CCO1. The van der Waals surface area contributed by atoms with Crippen LogP contribution in [-0.2, 0) is 11.3 Å². The minimum atomic E-state index is -0.318. The Bertz CT molecular complexity index is 707. The number of pyridine rings is 1. The number of carbonyl (C=O) groups is 1. The number of nitrogens with zero attached hydrogens (tertiary/aromatic N) is 2. The number of hydrogen-bond acceptors (Lipinski definition) is 4. The van der Waals surface area contributed by atoms with Gasteiger partial charge in [0.2, 0.25) is 5.88 Å². The van der Waals surface area contributed by atoms with Crippen LogP contribution in [0.25, 0.3) is 0 Å². The third-order valence-corrected chi connectivity index (χ3v) is 3.81. The summed E-state index contributed by atoms with van der Waals surface area (Å²) in [4.78, 5) is 18.1. The Hall–Kier alpha value is -2.67. The van der Waals surface area contributed by atoms with Crippen molar-refractivity contribution >= 4 is 6.03 Å². The molecule has 1 saturated heterocycles. The van der Waals surface area contributed by atoms with Gasteiger partial charge in [0.1, 0.15) is 11.6 Å². The lowest BCUT2D eigenvalue weighted by atomic mass is 10.3. The normalized spacial score (nSPS) is 17.2. The van der Waals surface area contributed by atoms with Gasteiger partial charge in [-0.15, -0.1) is 0 Å². The molecule has 0 radical (unpaired) electrons. The van der Waals surface area contributed by atoms with Crippen LogP contribution in [-0.4, -0.2) is 41.7 Å². The highest BCUT2D eigenvalue weighted by Crippen LogP contribution is 2.19. The Morgan fingerprint density at radius 3 is 2.84 bits per heavy atom. The molecule has 1 aromatic carbocycles. The summed E-state index contributed by atoms with van der Waals surface area (Å²) in [5, 5.41) is 2.87. The average Bonchev–Trinajstić information content (AvgIpc) is 2.63. The van der Waals surface area contributed by atoms with E-state index in [0.717, 1.165) is 5.56 Å². The second kappa shape index (κ2) is 7.94. The summed E-state index contributed by atoms with van der Waals surface area (Å²) < 4.78 is 23.8. The fourth-order valence-electron chi connectivity index (χ4n) is 2.49. The maximum absolute atomic E-state index is 12.9. The fourth-order valence-corrected chi connectivity index (χ4v) is 2.49. The standard InChI is InChI=1S/C18H20FN3O3/c1-13-12-22(8-9-24-13)18(23)21-11-14-2-7-17(20-10-14)25-16-5-3-15(19)4-6-16/h2-7,10,13H,8-9,11-12H2,1H3,(H,21,23)/t13-/m1/s1. The zero-order chi connectivity index (χ0) is 17.6. The first-order valence-corrected chi connectivity index (χ1v) is 8.13. The van der Waals surface area contributed by atoms with Gasteiger partial charge < -0.3 is 19.7 Å². The van der Waals surface area contributed by atoms with Crippen molar-refractivity contribution in [2.75, 3.05) is 19.7 Å². The van der Waals surface area contributed by atoms with Gasteiger partial charge in [-0.1, -0.05) is 6.07 Å². The molecule has 1 N–H and O–H groups in total. The molecular weight excluding hydrogens is 325 g/mol. The van der Waals surface area contributed by atoms with E-state index in [1.54, 1.807) is 17.2 Å². The van der Waals surface area contributed by atoms with Gasteiger partial charge in [0.05, 0.1) is 12.7 Å². The van der Waals surface area contributed by atoms with Crippen molar-refractivity contribution in [1.82, 2.24) is 15.2 Å². The predicted molar refractivity (Wildman–Crippen MR) is 89.9 cm³/mol. The molecule has 1 aliphatic heterocycles. The van der Waals surface area contributed by atoms with Crippen LogP contribution < -0.4 is 10.1 Å². The van der Waals surface area contributed by atoms with Crippen molar-refractivity contribution in [3.05, 3.63) is 54.0 Å². The number of rotatable bonds is 4. The van der Waals surface area contributed by atoms with E-state index in [-0.39, 0.29) is 18.0 Å². The van der Waals surface area contributed by atoms with Crippen LogP contribution in [0.5, 0.6) is 11.6 Å². The van der Waals surface area contributed by atoms with Gasteiger partial charge in [-0.25, -0.2) is 14.2 Å². The molecule has 25 heavy (non-hydrogen) atoms. The Balaban J connectivity index is 1.50. The number of hydrogen-bond donors (Lipinski definition) is 1. The number of carbonyl (C=O) groups excluding carboxylic acids is 1. The predicted octanol–water partition coefficient (Wildman–Crippen LogP) is 2.94. The molecule has 0 aliphatic carbocycles. The smallest absolute Gasteiger partial charge is 0.317 e. The topological polar surface area (TPSA) is 63.7 Å². The molecule has 132 valence electrons. The van der Waals surface area contributed by atoms with Gasteiger partial charge in [0.15, 0.2) is 0 Å². The van der Waals surface area contributed by atoms with Crippen LogP contribution in [0.2, 0.25) is 0 Å². The van der Waals surface area contributed by atoms with Crippen molar-refractivity contribution in [2.45, 2.75) is 19.6 Å². The van der Waals surface area contributed by atoms with Crippen LogP contribution in [0.4, 0.5) is 9.18 Å². The number of benzene rings is 1. The summed E-state index contributed by atoms with van der Waals surface area (Å²) in [5.41, 5.74) is 0.862. The molecule has 1 aliphatic rings. The highest BCUT2D eigenvalue weighted by molar-refractivity contribution is 5.74. The van der Waals surface area contributed by atoms with Crippen LogP contribution in [0.15, 0.2) is 42.6 Å². The molecule has 1 aromatic heterocycles. The molecule has 3 rings (SSSR count). The first kappa shape index (κ1) is 17.2. The van der Waals surface area contributed by atoms with Crippen LogP contribution >= 0.6 is 0 Å². The molecule has 0 unspecified atom stereocenters. The van der Waals surface area contributed by atoms with Gasteiger partial charge in [-0.2, -0.15) is 0 Å². The zero-order valence-electron chi connectivity index (χ0n) is 13.9. The molecule has 2 heterocycles. The van der Waals surface area contributed by atoms with Gasteiger partial charge in [-0.3, -0.25) is 0 Å². The van der Waals surface area contributed by atoms with Crippen molar-refractivity contribution < 1.29 is 18.7 Å². The average molecular weight is 345 g/mol. The summed E-state index contributed by atoms with van der Waals surface area (Å²) in [6.45, 7) is 4.08. The highest BCUT2D eigenvalue weighted by atomic mass is 19.1. The molecule has 0 bridgehead atoms. The first-order valence-electron chi connectivity index (χ1n) is 8.13. The van der Waals surface area contributed by atoms with Gasteiger partial charge in [0.25, 0.3) is 0 Å². The number of nitrogens with one attached hydrogen (secondary N) is 1. The molecule has 2 aromatic rings. The molecule has 2 amide bonds. The minimum Gasteiger partial charge on any atom is -0.439 e. The summed E-state index contributed by atoms with van der Waals surface area (Å²) in [5.74, 6) is 0.598. The van der Waals surface area contributed by atoms with E-state index in [1.807, 2.05) is 13.0 Å². The Labute approximate surface area is 145 Å². The lowest BCUT2D eigenvalue weighted by Crippen LogP contribution is -2.48. The summed E-state index contributed by atoms with van der Waals surface area (Å²) in [7, 11) is 0. The Morgan fingerprint density at radius 1 is 1.36 bits per heavy atom. The third-order valence-electron chi connectivity index (χ3n) is 3.81. The summed E-state index contributed by atoms with van der Waals surface area (Å²) >= 11 is 0. The molecule has 6 nitrogen and oxygen atoms in total. The van der Waals surface area contributed by atoms with E-state index >= 15 is 0 Å². The molecule has 0 saturated carbocycles. The maximum Gasteiger partial charge on any atom is 0.317 e. The zero-order valence-corrected chi connectivity index (χ0v) is 13.9. The number of ether oxygens (including phenoxy) is 2. The van der Waals surface area contributed by atoms with Crippen molar-refractivity contribution in [2.24, 2.45) is 0 Å². The fraction of sp³-hybridized carbons (Fsp3) is 0.333. The monoisotopic (exact) mass is 345 g/mol. The van der Waals surface area contributed by atoms with E-state index in [4.69, 9.17) is 9.47 Å². The third kappa shape index (κ3) is 4.90. The van der Waals surface area contributed by atoms with E-state index in [2.05, 4.69) is 10.3 Å². The van der Waals surface area contributed by atoms with E-state index < -0.39 is 0 Å². The summed E-state index contributed by atoms with van der Waals surface area (Å²) in [6.07, 6.45) is 1.70. The van der Waals surface area contributed by atoms with Crippen LogP contribution in [0.1, 0.15) is 12.5 Å². The molecular formula is C18H20FN3O3. The quantitative estimate of drug-likeness (QED) is 0.925. The lowest BCUT2D eigenvalue weighted by molar-refractivity contribution is -0.00351. The molecule has 0 spiro atoms. The van der Waals surface area contributed by atoms with E-state index in [0.29, 0.717) is 37.9 Å². The first-order chi connectivity index (χ1) is 12.1. The lowest BCUT2D eigenvalue weighted by Gasteiger charge is -2.31. The molecule has 1 atom stereocenters. The summed E-state index contributed by atoms with van der Waals surface area (Å²) in [6, 6.07) is 9.15. The number of urea groups is 1. The van der Waals surface area contributed by atoms with Crippen LogP contribution in [0.3, 0.4) is 0 Å². The second-order valence-electron chi connectivity index (χ2n) is 5.85. The number of morpholine rings is 1. The van der Waals surface area contributed by atoms with Crippen molar-refractivity contribution in [1.29, 1.82) is 0 Å². The minimum absolute atomic E-state index is 0.0593. The molecule has 1 fully saturated rings. The number of amides is 2. The van der Waals surface area contributed by atoms with Gasteiger partial charge >= 0.3 is 6.03 Å². The van der Waals surface area contributed by atoms with Crippen molar-refractivity contribution in [3.8, 4) is 11.6 Å².